The van der Waals surface area contributed by atoms with E-state index in [1.54, 1.807) is 11.3 Å². The molecule has 15 heavy (non-hydrogen) atoms. The molecule has 5 heteroatoms. The molecule has 1 aromatic rings. The van der Waals surface area contributed by atoms with Crippen molar-refractivity contribution in [2.75, 3.05) is 0 Å². The lowest BCUT2D eigenvalue weighted by Crippen LogP contribution is -2.43. The Hall–Kier alpha value is -0.580. The van der Waals surface area contributed by atoms with Crippen molar-refractivity contribution < 1.29 is 4.79 Å². The first kappa shape index (κ1) is 12.5. The van der Waals surface area contributed by atoms with Gasteiger partial charge in [0.25, 0.3) is 0 Å². The van der Waals surface area contributed by atoms with E-state index in [-0.39, 0.29) is 24.4 Å². The first-order valence-corrected chi connectivity index (χ1v) is 5.63. The van der Waals surface area contributed by atoms with Crippen LogP contribution in [0, 0.1) is 0 Å². The molecule has 0 radical (unpaired) electrons. The molecule has 3 nitrogen and oxygen atoms in total. The minimum atomic E-state index is -0.564. The first-order chi connectivity index (χ1) is 6.62. The lowest BCUT2D eigenvalue weighted by molar-refractivity contribution is -0.123. The first-order valence-electron chi connectivity index (χ1n) is 4.75. The number of hydrogen-bond acceptors (Lipinski definition) is 3. The predicted octanol–water partition coefficient (Wildman–Crippen LogP) is 1.84. The van der Waals surface area contributed by atoms with Crippen molar-refractivity contribution in [1.82, 2.24) is 5.32 Å². The molecule has 1 aliphatic carbocycles. The summed E-state index contributed by atoms with van der Waals surface area (Å²) in [6.07, 6.45) is 1.63. The van der Waals surface area contributed by atoms with E-state index < -0.39 is 5.54 Å². The maximum atomic E-state index is 11.6. The summed E-state index contributed by atoms with van der Waals surface area (Å²) in [5.74, 6) is -0.0154. The van der Waals surface area contributed by atoms with Crippen molar-refractivity contribution in [3.05, 3.63) is 22.4 Å². The summed E-state index contributed by atoms with van der Waals surface area (Å²) in [6.45, 7) is 1.98. The number of thiophene rings is 1. The van der Waals surface area contributed by atoms with E-state index in [4.69, 9.17) is 5.73 Å². The van der Waals surface area contributed by atoms with Crippen LogP contribution in [0.1, 0.15) is 30.7 Å². The average Bonchev–Trinajstić information content (AvgIpc) is 2.71. The molecule has 1 unspecified atom stereocenters. The second kappa shape index (κ2) is 4.51. The molecular formula is C10H15ClN2OS. The smallest absolute Gasteiger partial charge is 0.240 e. The molecule has 0 bridgehead atoms. The molecule has 84 valence electrons. The summed E-state index contributed by atoms with van der Waals surface area (Å²) in [5.41, 5.74) is 5.22. The van der Waals surface area contributed by atoms with Crippen LogP contribution in [0.2, 0.25) is 0 Å². The molecule has 1 heterocycles. The Labute approximate surface area is 99.5 Å². The quantitative estimate of drug-likeness (QED) is 0.855. The van der Waals surface area contributed by atoms with E-state index in [0.717, 1.165) is 12.8 Å². The molecule has 1 aromatic heterocycles. The predicted molar refractivity (Wildman–Crippen MR) is 64.3 cm³/mol. The fourth-order valence-corrected chi connectivity index (χ4v) is 2.05. The Kier molecular flexibility index (Phi) is 3.76. The summed E-state index contributed by atoms with van der Waals surface area (Å²) in [4.78, 5) is 12.8. The van der Waals surface area contributed by atoms with Gasteiger partial charge in [0.15, 0.2) is 0 Å². The van der Waals surface area contributed by atoms with Crippen molar-refractivity contribution >= 4 is 29.7 Å². The third kappa shape index (κ3) is 2.71. The molecule has 3 N–H and O–H groups in total. The average molecular weight is 247 g/mol. The van der Waals surface area contributed by atoms with Crippen LogP contribution in [-0.4, -0.2) is 11.4 Å². The van der Waals surface area contributed by atoms with Crippen LogP contribution in [0.4, 0.5) is 0 Å². The van der Waals surface area contributed by atoms with E-state index >= 15 is 0 Å². The van der Waals surface area contributed by atoms with Gasteiger partial charge in [-0.25, -0.2) is 0 Å². The number of carbonyl (C=O) groups excluding carboxylic acids is 1. The number of nitrogens with two attached hydrogens (primary N) is 1. The molecule has 1 fully saturated rings. The minimum absolute atomic E-state index is 0. The minimum Gasteiger partial charge on any atom is -0.347 e. The van der Waals surface area contributed by atoms with E-state index in [1.165, 1.54) is 4.88 Å². The number of carbonyl (C=O) groups is 1. The Balaban J connectivity index is 0.00000112. The molecule has 0 spiro atoms. The Morgan fingerprint density at radius 2 is 2.33 bits per heavy atom. The van der Waals surface area contributed by atoms with Gasteiger partial charge in [-0.05, 0) is 31.2 Å². The van der Waals surface area contributed by atoms with Gasteiger partial charge in [-0.15, -0.1) is 23.7 Å². The fourth-order valence-electron chi connectivity index (χ4n) is 1.31. The van der Waals surface area contributed by atoms with Gasteiger partial charge in [-0.1, -0.05) is 6.07 Å². The van der Waals surface area contributed by atoms with Gasteiger partial charge in [0.1, 0.15) is 0 Å². The van der Waals surface area contributed by atoms with Gasteiger partial charge in [-0.2, -0.15) is 0 Å². The number of rotatable bonds is 3. The molecule has 1 atom stereocenters. The van der Waals surface area contributed by atoms with Crippen LogP contribution in [0.5, 0.6) is 0 Å². The van der Waals surface area contributed by atoms with Gasteiger partial charge >= 0.3 is 0 Å². The normalized spacial score (nSPS) is 18.8. The lowest BCUT2D eigenvalue weighted by Gasteiger charge is -2.15. The highest BCUT2D eigenvalue weighted by atomic mass is 35.5. The van der Waals surface area contributed by atoms with Gasteiger partial charge in [0.05, 0.1) is 11.6 Å². The summed E-state index contributed by atoms with van der Waals surface area (Å²) in [7, 11) is 0. The van der Waals surface area contributed by atoms with Crippen molar-refractivity contribution in [2.45, 2.75) is 31.3 Å². The highest BCUT2D eigenvalue weighted by Crippen LogP contribution is 2.33. The van der Waals surface area contributed by atoms with Crippen molar-refractivity contribution in [2.24, 2.45) is 5.73 Å². The van der Waals surface area contributed by atoms with Crippen molar-refractivity contribution in [1.29, 1.82) is 0 Å². The third-order valence-corrected chi connectivity index (χ3v) is 3.61. The molecule has 1 saturated carbocycles. The second-order valence-corrected chi connectivity index (χ2v) is 4.85. The van der Waals surface area contributed by atoms with E-state index in [9.17, 15) is 4.79 Å². The molecule has 1 amide bonds. The zero-order valence-corrected chi connectivity index (χ0v) is 10.2. The van der Waals surface area contributed by atoms with E-state index in [1.807, 2.05) is 24.4 Å². The summed E-state index contributed by atoms with van der Waals surface area (Å²) < 4.78 is 0. The third-order valence-electron chi connectivity index (χ3n) is 2.56. The standard InChI is InChI=1S/C10H14N2OS.ClH/c1-7(8-3-2-6-14-8)12-9(13)10(11)4-5-10;/h2-3,6-7H,4-5,11H2,1H3,(H,12,13);1H. The zero-order valence-electron chi connectivity index (χ0n) is 8.53. The zero-order chi connectivity index (χ0) is 10.2. The summed E-state index contributed by atoms with van der Waals surface area (Å²) in [6, 6.07) is 4.08. The van der Waals surface area contributed by atoms with Crippen molar-refractivity contribution in [3.8, 4) is 0 Å². The number of hydrogen-bond donors (Lipinski definition) is 2. The largest absolute Gasteiger partial charge is 0.347 e. The second-order valence-electron chi connectivity index (χ2n) is 3.87. The molecule has 0 saturated heterocycles. The SMILES string of the molecule is CC(NC(=O)C1(N)CC1)c1cccs1.Cl. The maximum Gasteiger partial charge on any atom is 0.240 e. The highest BCUT2D eigenvalue weighted by Gasteiger charge is 2.46. The summed E-state index contributed by atoms with van der Waals surface area (Å²) >= 11 is 1.65. The van der Waals surface area contributed by atoms with Crippen LogP contribution < -0.4 is 11.1 Å². The van der Waals surface area contributed by atoms with Crippen LogP contribution >= 0.6 is 23.7 Å². The van der Waals surface area contributed by atoms with Crippen molar-refractivity contribution in [3.63, 3.8) is 0 Å². The number of nitrogens with one attached hydrogen (secondary N) is 1. The summed E-state index contributed by atoms with van der Waals surface area (Å²) in [5, 5.41) is 4.94. The molecule has 0 aliphatic heterocycles. The maximum absolute atomic E-state index is 11.6. The molecule has 0 aromatic carbocycles. The topological polar surface area (TPSA) is 55.1 Å². The van der Waals surface area contributed by atoms with E-state index in [2.05, 4.69) is 5.32 Å². The van der Waals surface area contributed by atoms with Crippen LogP contribution in [-0.2, 0) is 4.79 Å². The van der Waals surface area contributed by atoms with Gasteiger partial charge < -0.3 is 11.1 Å². The molecule has 2 rings (SSSR count). The van der Waals surface area contributed by atoms with Gasteiger partial charge in [-0.3, -0.25) is 4.79 Å². The van der Waals surface area contributed by atoms with Crippen LogP contribution in [0.3, 0.4) is 0 Å². The fraction of sp³-hybridized carbons (Fsp3) is 0.500. The number of amides is 1. The molecule has 1 aliphatic rings. The van der Waals surface area contributed by atoms with Gasteiger partial charge in [0.2, 0.25) is 5.91 Å². The highest BCUT2D eigenvalue weighted by molar-refractivity contribution is 7.10. The lowest BCUT2D eigenvalue weighted by atomic mass is 10.2. The van der Waals surface area contributed by atoms with E-state index in [0.29, 0.717) is 0 Å². The van der Waals surface area contributed by atoms with Crippen LogP contribution in [0.15, 0.2) is 17.5 Å². The number of halogens is 1. The molecular weight excluding hydrogens is 232 g/mol. The Bertz CT molecular complexity index is 335. The Morgan fingerprint density at radius 3 is 2.80 bits per heavy atom. The Morgan fingerprint density at radius 1 is 1.67 bits per heavy atom. The monoisotopic (exact) mass is 246 g/mol. The van der Waals surface area contributed by atoms with Gasteiger partial charge in [0, 0.05) is 4.88 Å². The van der Waals surface area contributed by atoms with Crippen LogP contribution in [0.25, 0.3) is 0 Å².